The smallest absolute Gasteiger partial charge is 0.267 e. The number of rotatable bonds is 7. The van der Waals surface area contributed by atoms with Gasteiger partial charge < -0.3 is 24.8 Å². The fourth-order valence-electron chi connectivity index (χ4n) is 4.41. The van der Waals surface area contributed by atoms with Gasteiger partial charge in [0.05, 0.1) is 24.3 Å². The second kappa shape index (κ2) is 10.2. The van der Waals surface area contributed by atoms with E-state index in [2.05, 4.69) is 20.2 Å². The van der Waals surface area contributed by atoms with Crippen molar-refractivity contribution in [1.29, 1.82) is 0 Å². The molecule has 0 radical (unpaired) electrons. The van der Waals surface area contributed by atoms with Crippen LogP contribution in [0.4, 0.5) is 0 Å². The van der Waals surface area contributed by atoms with E-state index in [0.717, 1.165) is 36.6 Å². The minimum Gasteiger partial charge on any atom is -0.457 e. The number of morpholine rings is 1. The number of nitrogens with zero attached hydrogens (tertiary/aromatic N) is 1. The maximum Gasteiger partial charge on any atom is 0.267 e. The van der Waals surface area contributed by atoms with Gasteiger partial charge in [0.15, 0.2) is 0 Å². The molecule has 1 fully saturated rings. The number of fused-ring (bicyclic) bond motifs is 1. The number of H-pyrrole nitrogens is 2. The normalized spacial score (nSPS) is 14.2. The van der Waals surface area contributed by atoms with Crippen LogP contribution >= 0.6 is 0 Å². The molecule has 35 heavy (non-hydrogen) atoms. The van der Waals surface area contributed by atoms with E-state index in [1.54, 1.807) is 6.07 Å². The van der Waals surface area contributed by atoms with Crippen molar-refractivity contribution in [3.05, 3.63) is 82.4 Å². The number of carbonyl (C=O) groups excluding carboxylic acids is 1. The summed E-state index contributed by atoms with van der Waals surface area (Å²) in [7, 11) is 0. The third-order valence-electron chi connectivity index (χ3n) is 6.18. The molecule has 180 valence electrons. The van der Waals surface area contributed by atoms with E-state index >= 15 is 0 Å². The molecule has 0 unspecified atom stereocenters. The van der Waals surface area contributed by atoms with E-state index < -0.39 is 0 Å². The molecule has 4 aromatic rings. The van der Waals surface area contributed by atoms with Gasteiger partial charge in [-0.3, -0.25) is 14.5 Å². The maximum absolute atomic E-state index is 13.0. The van der Waals surface area contributed by atoms with Crippen molar-refractivity contribution < 1.29 is 14.3 Å². The first kappa shape index (κ1) is 22.9. The Morgan fingerprint density at radius 3 is 2.60 bits per heavy atom. The number of aromatic nitrogens is 2. The fourth-order valence-corrected chi connectivity index (χ4v) is 4.41. The number of para-hydroxylation sites is 2. The highest BCUT2D eigenvalue weighted by Gasteiger charge is 2.19. The summed E-state index contributed by atoms with van der Waals surface area (Å²) >= 11 is 0. The van der Waals surface area contributed by atoms with Crippen LogP contribution < -0.4 is 15.6 Å². The molecular weight excluding hydrogens is 444 g/mol. The standard InChI is InChI=1S/C27H28N4O4/c1-18-24-21(17-22(30-27(24)33)26(32)28-11-12-31-13-15-34-16-14-31)25(29-18)20-9-5-6-10-23(20)35-19-7-3-2-4-8-19/h2-10,17,29H,11-16H2,1H3,(H,28,32)(H,30,33). The molecule has 1 aliphatic rings. The number of hydrogen-bond acceptors (Lipinski definition) is 5. The van der Waals surface area contributed by atoms with Crippen LogP contribution in [0.3, 0.4) is 0 Å². The first-order valence-corrected chi connectivity index (χ1v) is 11.8. The minimum atomic E-state index is -0.309. The number of carbonyl (C=O) groups is 1. The Kier molecular flexibility index (Phi) is 6.65. The molecule has 0 aliphatic carbocycles. The minimum absolute atomic E-state index is 0.228. The summed E-state index contributed by atoms with van der Waals surface area (Å²) in [6, 6.07) is 18.9. The molecular formula is C27H28N4O4. The van der Waals surface area contributed by atoms with Crippen molar-refractivity contribution in [3.8, 4) is 22.8 Å². The van der Waals surface area contributed by atoms with Gasteiger partial charge >= 0.3 is 0 Å². The number of hydrogen-bond donors (Lipinski definition) is 3. The molecule has 0 spiro atoms. The van der Waals surface area contributed by atoms with Crippen molar-refractivity contribution >= 4 is 16.7 Å². The highest BCUT2D eigenvalue weighted by atomic mass is 16.5. The average Bonchev–Trinajstić information content (AvgIpc) is 3.22. The van der Waals surface area contributed by atoms with E-state index in [1.807, 2.05) is 61.5 Å². The summed E-state index contributed by atoms with van der Waals surface area (Å²) in [5.74, 6) is 1.06. The van der Waals surface area contributed by atoms with E-state index in [-0.39, 0.29) is 17.2 Å². The van der Waals surface area contributed by atoms with Gasteiger partial charge in [0, 0.05) is 42.8 Å². The average molecular weight is 473 g/mol. The quantitative estimate of drug-likeness (QED) is 0.381. The van der Waals surface area contributed by atoms with Gasteiger partial charge in [-0.15, -0.1) is 0 Å². The van der Waals surface area contributed by atoms with Crippen molar-refractivity contribution in [2.45, 2.75) is 6.92 Å². The van der Waals surface area contributed by atoms with Crippen LogP contribution in [0.1, 0.15) is 16.2 Å². The third kappa shape index (κ3) is 4.99. The molecule has 0 bridgehead atoms. The van der Waals surface area contributed by atoms with Gasteiger partial charge in [0.1, 0.15) is 17.2 Å². The zero-order valence-electron chi connectivity index (χ0n) is 19.6. The van der Waals surface area contributed by atoms with Gasteiger partial charge in [0.2, 0.25) is 0 Å². The summed E-state index contributed by atoms with van der Waals surface area (Å²) < 4.78 is 11.5. The number of aromatic amines is 2. The van der Waals surface area contributed by atoms with Crippen LogP contribution in [0, 0.1) is 6.92 Å². The Labute approximate surface area is 202 Å². The van der Waals surface area contributed by atoms with Gasteiger partial charge in [0.25, 0.3) is 11.5 Å². The lowest BCUT2D eigenvalue weighted by Gasteiger charge is -2.26. The van der Waals surface area contributed by atoms with E-state index in [0.29, 0.717) is 42.0 Å². The Balaban J connectivity index is 1.44. The molecule has 0 saturated carbocycles. The highest BCUT2D eigenvalue weighted by molar-refractivity contribution is 6.02. The summed E-state index contributed by atoms with van der Waals surface area (Å²) in [5, 5.41) is 4.12. The summed E-state index contributed by atoms with van der Waals surface area (Å²) in [5.41, 5.74) is 2.19. The van der Waals surface area contributed by atoms with Gasteiger partial charge in [-0.25, -0.2) is 0 Å². The Morgan fingerprint density at radius 1 is 1.06 bits per heavy atom. The van der Waals surface area contributed by atoms with Crippen LogP contribution in [0.2, 0.25) is 0 Å². The zero-order chi connectivity index (χ0) is 24.2. The van der Waals surface area contributed by atoms with Crippen molar-refractivity contribution in [2.24, 2.45) is 0 Å². The monoisotopic (exact) mass is 472 g/mol. The SMILES string of the molecule is Cc1[nH]c(-c2ccccc2Oc2ccccc2)c2cc(C(=O)NCCN3CCOCC3)[nH]c(=O)c12. The molecule has 1 amide bonds. The molecule has 2 aromatic heterocycles. The third-order valence-corrected chi connectivity index (χ3v) is 6.18. The molecule has 0 atom stereocenters. The van der Waals surface area contributed by atoms with Gasteiger partial charge in [-0.05, 0) is 37.3 Å². The first-order valence-electron chi connectivity index (χ1n) is 11.8. The van der Waals surface area contributed by atoms with Crippen LogP contribution in [-0.2, 0) is 4.74 Å². The van der Waals surface area contributed by atoms with E-state index in [1.165, 1.54) is 0 Å². The predicted molar refractivity (Wildman–Crippen MR) is 135 cm³/mol. The fraction of sp³-hybridized carbons (Fsp3) is 0.259. The van der Waals surface area contributed by atoms with E-state index in [4.69, 9.17) is 9.47 Å². The maximum atomic E-state index is 13.0. The zero-order valence-corrected chi connectivity index (χ0v) is 19.6. The van der Waals surface area contributed by atoms with Crippen molar-refractivity contribution in [3.63, 3.8) is 0 Å². The molecule has 2 aromatic carbocycles. The summed E-state index contributed by atoms with van der Waals surface area (Å²) in [6.07, 6.45) is 0. The lowest BCUT2D eigenvalue weighted by atomic mass is 10.1. The number of nitrogens with one attached hydrogen (secondary N) is 3. The number of benzene rings is 2. The van der Waals surface area contributed by atoms with E-state index in [9.17, 15) is 9.59 Å². The van der Waals surface area contributed by atoms with Crippen LogP contribution in [0.25, 0.3) is 22.0 Å². The molecule has 5 rings (SSSR count). The van der Waals surface area contributed by atoms with Crippen LogP contribution in [0.15, 0.2) is 65.5 Å². The van der Waals surface area contributed by atoms with Gasteiger partial charge in [-0.2, -0.15) is 0 Å². The summed E-state index contributed by atoms with van der Waals surface area (Å²) in [4.78, 5) is 34.2. The number of aryl methyl sites for hydroxylation is 1. The lowest BCUT2D eigenvalue weighted by Crippen LogP contribution is -2.41. The number of amides is 1. The van der Waals surface area contributed by atoms with Crippen molar-refractivity contribution in [1.82, 2.24) is 20.2 Å². The molecule has 1 saturated heterocycles. The highest BCUT2D eigenvalue weighted by Crippen LogP contribution is 2.37. The molecule has 8 nitrogen and oxygen atoms in total. The second-order valence-corrected chi connectivity index (χ2v) is 8.55. The molecule has 1 aliphatic heterocycles. The largest absolute Gasteiger partial charge is 0.457 e. The Hall–Kier alpha value is -3.88. The van der Waals surface area contributed by atoms with Gasteiger partial charge in [-0.1, -0.05) is 30.3 Å². The van der Waals surface area contributed by atoms with Crippen LogP contribution in [-0.4, -0.2) is 60.2 Å². The topological polar surface area (TPSA) is 99.4 Å². The second-order valence-electron chi connectivity index (χ2n) is 8.55. The lowest BCUT2D eigenvalue weighted by molar-refractivity contribution is 0.0383. The first-order chi connectivity index (χ1) is 17.1. The Bertz CT molecular complexity index is 1390. The molecule has 3 heterocycles. The number of ether oxygens (including phenoxy) is 2. The summed E-state index contributed by atoms with van der Waals surface area (Å²) in [6.45, 7) is 6.21. The van der Waals surface area contributed by atoms with Crippen LogP contribution in [0.5, 0.6) is 11.5 Å². The predicted octanol–water partition coefficient (Wildman–Crippen LogP) is 3.69. The van der Waals surface area contributed by atoms with Crippen molar-refractivity contribution in [2.75, 3.05) is 39.4 Å². The molecule has 3 N–H and O–H groups in total. The number of pyridine rings is 1. The molecule has 8 heteroatoms. The Morgan fingerprint density at radius 2 is 1.80 bits per heavy atom.